The molecule has 0 aromatic heterocycles. The summed E-state index contributed by atoms with van der Waals surface area (Å²) in [7, 11) is 0. The van der Waals surface area contributed by atoms with Crippen molar-refractivity contribution in [3.05, 3.63) is 35.1 Å². The Hall–Kier alpha value is -1.42. The Morgan fingerprint density at radius 2 is 2.12 bits per heavy atom. The molecule has 17 heavy (non-hydrogen) atoms. The zero-order chi connectivity index (χ0) is 12.3. The number of ether oxygens (including phenoxy) is 2. The van der Waals surface area contributed by atoms with Gasteiger partial charge < -0.3 is 9.47 Å². The second-order valence-electron chi connectivity index (χ2n) is 4.15. The van der Waals surface area contributed by atoms with Gasteiger partial charge in [-0.25, -0.2) is 9.18 Å². The van der Waals surface area contributed by atoms with Gasteiger partial charge in [0.1, 0.15) is 11.9 Å². The number of carbonyl (C=O) groups is 1. The molecule has 0 atom stereocenters. The Balaban J connectivity index is 2.06. The average Bonchev–Trinajstić information content (AvgIpc) is 2.34. The molecule has 1 aromatic carbocycles. The largest absolute Gasteiger partial charge is 0.459 e. The maximum absolute atomic E-state index is 13.7. The van der Waals surface area contributed by atoms with Crippen molar-refractivity contribution < 1.29 is 18.7 Å². The minimum absolute atomic E-state index is 0.0106. The summed E-state index contributed by atoms with van der Waals surface area (Å²) >= 11 is 0. The second-order valence-corrected chi connectivity index (χ2v) is 4.15. The van der Waals surface area contributed by atoms with E-state index >= 15 is 0 Å². The third-order valence-corrected chi connectivity index (χ3v) is 2.85. The molecule has 2 rings (SSSR count). The normalized spacial score (nSPS) is 16.8. The molecule has 0 spiro atoms. The van der Waals surface area contributed by atoms with Crippen LogP contribution in [0.1, 0.15) is 28.8 Å². The van der Waals surface area contributed by atoms with Crippen molar-refractivity contribution in [1.82, 2.24) is 0 Å². The van der Waals surface area contributed by atoms with E-state index in [2.05, 4.69) is 0 Å². The maximum Gasteiger partial charge on any atom is 0.341 e. The molecule has 0 N–H and O–H groups in total. The van der Waals surface area contributed by atoms with Gasteiger partial charge in [-0.05, 0) is 18.6 Å². The highest BCUT2D eigenvalue weighted by molar-refractivity contribution is 5.90. The van der Waals surface area contributed by atoms with Crippen LogP contribution in [0.5, 0.6) is 0 Å². The molecule has 0 aliphatic carbocycles. The van der Waals surface area contributed by atoms with E-state index in [4.69, 9.17) is 9.47 Å². The van der Waals surface area contributed by atoms with Crippen LogP contribution in [0.4, 0.5) is 4.39 Å². The number of hydrogen-bond acceptors (Lipinski definition) is 3. The summed E-state index contributed by atoms with van der Waals surface area (Å²) < 4.78 is 24.1. The van der Waals surface area contributed by atoms with Crippen molar-refractivity contribution >= 4 is 5.97 Å². The topological polar surface area (TPSA) is 35.5 Å². The van der Waals surface area contributed by atoms with Crippen LogP contribution in [-0.2, 0) is 9.47 Å². The van der Waals surface area contributed by atoms with Crippen molar-refractivity contribution in [3.8, 4) is 0 Å². The van der Waals surface area contributed by atoms with E-state index in [1.54, 1.807) is 19.1 Å². The molecule has 0 bridgehead atoms. The molecule has 92 valence electrons. The van der Waals surface area contributed by atoms with Gasteiger partial charge in [-0.3, -0.25) is 0 Å². The minimum atomic E-state index is -0.585. The van der Waals surface area contributed by atoms with Gasteiger partial charge in [0.25, 0.3) is 0 Å². The third kappa shape index (κ3) is 2.82. The van der Waals surface area contributed by atoms with Gasteiger partial charge in [-0.2, -0.15) is 0 Å². The van der Waals surface area contributed by atoms with E-state index < -0.39 is 11.8 Å². The highest BCUT2D eigenvalue weighted by Gasteiger charge is 2.21. The molecule has 0 radical (unpaired) electrons. The maximum atomic E-state index is 13.7. The van der Waals surface area contributed by atoms with Crippen LogP contribution >= 0.6 is 0 Å². The van der Waals surface area contributed by atoms with Crippen LogP contribution in [0, 0.1) is 12.7 Å². The van der Waals surface area contributed by atoms with E-state index in [9.17, 15) is 9.18 Å². The lowest BCUT2D eigenvalue weighted by Crippen LogP contribution is -2.26. The predicted molar refractivity (Wildman–Crippen MR) is 60.4 cm³/mol. The van der Waals surface area contributed by atoms with E-state index in [0.29, 0.717) is 31.6 Å². The molecule has 1 aromatic rings. The molecule has 1 saturated heterocycles. The first kappa shape index (κ1) is 12.0. The van der Waals surface area contributed by atoms with Crippen molar-refractivity contribution in [1.29, 1.82) is 0 Å². The number of rotatable bonds is 2. The molecule has 3 nitrogen and oxygen atoms in total. The lowest BCUT2D eigenvalue weighted by atomic mass is 10.1. The van der Waals surface area contributed by atoms with Gasteiger partial charge in [0.05, 0.1) is 18.8 Å². The Labute approximate surface area is 99.5 Å². The number of benzene rings is 1. The zero-order valence-electron chi connectivity index (χ0n) is 9.74. The SMILES string of the molecule is Cc1cccc(C(=O)OC2CCOCC2)c1F. The molecule has 1 aliphatic rings. The second kappa shape index (κ2) is 5.27. The summed E-state index contributed by atoms with van der Waals surface area (Å²) in [5, 5.41) is 0. The fourth-order valence-corrected chi connectivity index (χ4v) is 1.81. The van der Waals surface area contributed by atoms with Gasteiger partial charge >= 0.3 is 5.97 Å². The molecule has 1 fully saturated rings. The zero-order valence-corrected chi connectivity index (χ0v) is 9.74. The van der Waals surface area contributed by atoms with Gasteiger partial charge in [0.15, 0.2) is 0 Å². The summed E-state index contributed by atoms with van der Waals surface area (Å²) in [6.45, 7) is 2.81. The average molecular weight is 238 g/mol. The molecule has 1 aliphatic heterocycles. The quantitative estimate of drug-likeness (QED) is 0.742. The highest BCUT2D eigenvalue weighted by Crippen LogP contribution is 2.17. The molecule has 0 amide bonds. The molecule has 0 saturated carbocycles. The highest BCUT2D eigenvalue weighted by atomic mass is 19.1. The summed E-state index contributed by atoms with van der Waals surface area (Å²) in [5.74, 6) is -1.08. The van der Waals surface area contributed by atoms with Crippen LogP contribution in [0.25, 0.3) is 0 Å². The fraction of sp³-hybridized carbons (Fsp3) is 0.462. The standard InChI is InChI=1S/C13H15FO3/c1-9-3-2-4-11(12(9)14)13(15)17-10-5-7-16-8-6-10/h2-4,10H,5-8H2,1H3. The minimum Gasteiger partial charge on any atom is -0.459 e. The lowest BCUT2D eigenvalue weighted by Gasteiger charge is -2.22. The van der Waals surface area contributed by atoms with Gasteiger partial charge in [0, 0.05) is 12.8 Å². The monoisotopic (exact) mass is 238 g/mol. The summed E-state index contributed by atoms with van der Waals surface area (Å²) in [6.07, 6.45) is 1.20. The van der Waals surface area contributed by atoms with Crippen molar-refractivity contribution in [2.75, 3.05) is 13.2 Å². The number of halogens is 1. The Kier molecular flexibility index (Phi) is 3.74. The molecule has 4 heteroatoms. The smallest absolute Gasteiger partial charge is 0.341 e. The van der Waals surface area contributed by atoms with Crippen LogP contribution in [0.3, 0.4) is 0 Å². The Morgan fingerprint density at radius 3 is 2.82 bits per heavy atom. The van der Waals surface area contributed by atoms with Crippen LogP contribution < -0.4 is 0 Å². The van der Waals surface area contributed by atoms with E-state index in [-0.39, 0.29) is 11.7 Å². The first-order valence-corrected chi connectivity index (χ1v) is 5.72. The summed E-state index contributed by atoms with van der Waals surface area (Å²) in [5.41, 5.74) is 0.461. The number of carbonyl (C=O) groups excluding carboxylic acids is 1. The number of esters is 1. The fourth-order valence-electron chi connectivity index (χ4n) is 1.81. The van der Waals surface area contributed by atoms with Gasteiger partial charge in [-0.15, -0.1) is 0 Å². The predicted octanol–water partition coefficient (Wildman–Crippen LogP) is 2.47. The first-order valence-electron chi connectivity index (χ1n) is 5.72. The van der Waals surface area contributed by atoms with Crippen LogP contribution in [-0.4, -0.2) is 25.3 Å². The third-order valence-electron chi connectivity index (χ3n) is 2.85. The number of aryl methyl sites for hydroxylation is 1. The van der Waals surface area contributed by atoms with E-state index in [1.165, 1.54) is 6.07 Å². The van der Waals surface area contributed by atoms with Crippen molar-refractivity contribution in [3.63, 3.8) is 0 Å². The van der Waals surface area contributed by atoms with Gasteiger partial charge in [-0.1, -0.05) is 12.1 Å². The van der Waals surface area contributed by atoms with Crippen molar-refractivity contribution in [2.24, 2.45) is 0 Å². The first-order chi connectivity index (χ1) is 8.18. The van der Waals surface area contributed by atoms with Crippen LogP contribution in [0.2, 0.25) is 0 Å². The molecular formula is C13H15FO3. The Morgan fingerprint density at radius 1 is 1.41 bits per heavy atom. The Bertz CT molecular complexity index is 411. The molecular weight excluding hydrogens is 223 g/mol. The van der Waals surface area contributed by atoms with Gasteiger partial charge in [0.2, 0.25) is 0 Å². The van der Waals surface area contributed by atoms with Crippen LogP contribution in [0.15, 0.2) is 18.2 Å². The lowest BCUT2D eigenvalue weighted by molar-refractivity contribution is -0.0162. The molecule has 0 unspecified atom stereocenters. The summed E-state index contributed by atoms with van der Waals surface area (Å²) in [6, 6.07) is 4.73. The number of hydrogen-bond donors (Lipinski definition) is 0. The molecule has 1 heterocycles. The van der Waals surface area contributed by atoms with E-state index in [1.807, 2.05) is 0 Å². The summed E-state index contributed by atoms with van der Waals surface area (Å²) in [4.78, 5) is 11.8. The van der Waals surface area contributed by atoms with Crippen molar-refractivity contribution in [2.45, 2.75) is 25.9 Å². The van der Waals surface area contributed by atoms with E-state index in [0.717, 1.165) is 0 Å².